The van der Waals surface area contributed by atoms with Crippen LogP contribution in [0.15, 0.2) is 77.4 Å². The Morgan fingerprint density at radius 3 is 2.36 bits per heavy atom. The van der Waals surface area contributed by atoms with Gasteiger partial charge in [0.25, 0.3) is 0 Å². The lowest BCUT2D eigenvalue weighted by atomic mass is 9.93. The lowest BCUT2D eigenvalue weighted by Gasteiger charge is -2.24. The molecule has 1 unspecified atom stereocenters. The topological polar surface area (TPSA) is 42.7 Å². The molecule has 0 aliphatic rings. The number of hydrogen-bond acceptors (Lipinski definition) is 3. The minimum Gasteiger partial charge on any atom is -0.497 e. The fourth-order valence-corrected chi connectivity index (χ4v) is 3.38. The summed E-state index contributed by atoms with van der Waals surface area (Å²) in [6.07, 6.45) is 3.45. The van der Waals surface area contributed by atoms with Gasteiger partial charge in [0, 0.05) is 25.9 Å². The Morgan fingerprint density at radius 2 is 1.75 bits per heavy atom. The van der Waals surface area contributed by atoms with Gasteiger partial charge in [-0.25, -0.2) is 0 Å². The molecule has 1 atom stereocenters. The SMILES string of the molecule is COc1ccc(CN(CCC(Cc2ccccc2)c2ccco2)C(C)=O)cc1. The van der Waals surface area contributed by atoms with Gasteiger partial charge in [0.1, 0.15) is 11.5 Å². The van der Waals surface area contributed by atoms with Crippen LogP contribution in [0.3, 0.4) is 0 Å². The van der Waals surface area contributed by atoms with Crippen LogP contribution in [0.1, 0.15) is 36.1 Å². The van der Waals surface area contributed by atoms with Gasteiger partial charge in [0.2, 0.25) is 5.91 Å². The van der Waals surface area contributed by atoms with E-state index in [0.717, 1.165) is 29.9 Å². The van der Waals surface area contributed by atoms with Crippen molar-refractivity contribution in [3.05, 3.63) is 89.9 Å². The summed E-state index contributed by atoms with van der Waals surface area (Å²) in [5.74, 6) is 2.10. The van der Waals surface area contributed by atoms with Crippen LogP contribution in [0.5, 0.6) is 5.75 Å². The third-order valence-electron chi connectivity index (χ3n) is 5.00. The molecule has 0 radical (unpaired) electrons. The van der Waals surface area contributed by atoms with Gasteiger partial charge >= 0.3 is 0 Å². The van der Waals surface area contributed by atoms with Crippen molar-refractivity contribution in [2.24, 2.45) is 0 Å². The summed E-state index contributed by atoms with van der Waals surface area (Å²) < 4.78 is 10.9. The van der Waals surface area contributed by atoms with Gasteiger partial charge in [-0.3, -0.25) is 4.79 Å². The molecule has 0 aliphatic heterocycles. The Balaban J connectivity index is 1.67. The zero-order valence-corrected chi connectivity index (χ0v) is 16.5. The molecule has 3 aromatic rings. The largest absolute Gasteiger partial charge is 0.497 e. The van der Waals surface area contributed by atoms with Crippen LogP contribution in [0.25, 0.3) is 0 Å². The summed E-state index contributed by atoms with van der Waals surface area (Å²) in [5.41, 5.74) is 2.36. The molecule has 28 heavy (non-hydrogen) atoms. The van der Waals surface area contributed by atoms with Crippen molar-refractivity contribution < 1.29 is 13.9 Å². The zero-order valence-electron chi connectivity index (χ0n) is 16.5. The molecule has 1 aromatic heterocycles. The van der Waals surface area contributed by atoms with Crippen molar-refractivity contribution in [2.75, 3.05) is 13.7 Å². The Bertz CT molecular complexity index is 841. The minimum absolute atomic E-state index is 0.0775. The normalized spacial score (nSPS) is 11.8. The van der Waals surface area contributed by atoms with E-state index in [1.54, 1.807) is 20.3 Å². The molecule has 0 saturated carbocycles. The van der Waals surface area contributed by atoms with Crippen molar-refractivity contribution in [3.63, 3.8) is 0 Å². The molecule has 3 rings (SSSR count). The van der Waals surface area contributed by atoms with E-state index in [2.05, 4.69) is 24.3 Å². The third-order valence-corrected chi connectivity index (χ3v) is 5.00. The Morgan fingerprint density at radius 1 is 1.00 bits per heavy atom. The Hall–Kier alpha value is -3.01. The zero-order chi connectivity index (χ0) is 19.8. The minimum atomic E-state index is 0.0775. The molecule has 4 nitrogen and oxygen atoms in total. The van der Waals surface area contributed by atoms with Crippen LogP contribution >= 0.6 is 0 Å². The number of ether oxygens (including phenoxy) is 1. The number of methoxy groups -OCH3 is 1. The number of rotatable bonds is 9. The van der Waals surface area contributed by atoms with E-state index in [1.165, 1.54) is 5.56 Å². The molecule has 0 N–H and O–H groups in total. The number of benzene rings is 2. The van der Waals surface area contributed by atoms with Crippen molar-refractivity contribution in [1.82, 2.24) is 4.90 Å². The molecule has 0 bridgehead atoms. The highest BCUT2D eigenvalue weighted by molar-refractivity contribution is 5.73. The predicted octanol–water partition coefficient (Wildman–Crippen LogP) is 5.05. The van der Waals surface area contributed by atoms with E-state index in [9.17, 15) is 4.79 Å². The van der Waals surface area contributed by atoms with Crippen molar-refractivity contribution in [2.45, 2.75) is 32.2 Å². The molecule has 0 fully saturated rings. The Labute approximate surface area is 166 Å². The standard InChI is InChI=1S/C24H27NO3/c1-19(26)25(18-21-10-12-23(27-2)13-11-21)15-14-22(24-9-6-16-28-24)17-20-7-4-3-5-8-20/h3-13,16,22H,14-15,17-18H2,1-2H3. The van der Waals surface area contributed by atoms with Gasteiger partial charge in [-0.05, 0) is 48.2 Å². The maximum Gasteiger partial charge on any atom is 0.219 e. The number of amides is 1. The summed E-state index contributed by atoms with van der Waals surface area (Å²) in [5, 5.41) is 0. The summed E-state index contributed by atoms with van der Waals surface area (Å²) in [6.45, 7) is 2.90. The molecule has 2 aromatic carbocycles. The molecular formula is C24H27NO3. The molecule has 1 heterocycles. The van der Waals surface area contributed by atoms with Crippen LogP contribution < -0.4 is 4.74 Å². The highest BCUT2D eigenvalue weighted by Crippen LogP contribution is 2.26. The second kappa shape index (κ2) is 9.79. The van der Waals surface area contributed by atoms with Crippen molar-refractivity contribution in [1.29, 1.82) is 0 Å². The number of nitrogens with zero attached hydrogens (tertiary/aromatic N) is 1. The number of hydrogen-bond donors (Lipinski definition) is 0. The van der Waals surface area contributed by atoms with Crippen LogP contribution in [-0.4, -0.2) is 24.5 Å². The second-order valence-electron chi connectivity index (χ2n) is 6.98. The van der Waals surface area contributed by atoms with E-state index in [1.807, 2.05) is 47.4 Å². The molecule has 1 amide bonds. The van der Waals surface area contributed by atoms with Crippen molar-refractivity contribution >= 4 is 5.91 Å². The lowest BCUT2D eigenvalue weighted by Crippen LogP contribution is -2.30. The number of carbonyl (C=O) groups excluding carboxylic acids is 1. The first-order valence-electron chi connectivity index (χ1n) is 9.61. The lowest BCUT2D eigenvalue weighted by molar-refractivity contribution is -0.129. The van der Waals surface area contributed by atoms with Crippen LogP contribution in [0.2, 0.25) is 0 Å². The monoisotopic (exact) mass is 377 g/mol. The molecule has 146 valence electrons. The van der Waals surface area contributed by atoms with Gasteiger partial charge in [0.05, 0.1) is 13.4 Å². The quantitative estimate of drug-likeness (QED) is 0.524. The van der Waals surface area contributed by atoms with Gasteiger partial charge in [0.15, 0.2) is 0 Å². The molecule has 0 spiro atoms. The first-order chi connectivity index (χ1) is 13.7. The van der Waals surface area contributed by atoms with E-state index >= 15 is 0 Å². The summed E-state index contributed by atoms with van der Waals surface area (Å²) in [4.78, 5) is 14.1. The van der Waals surface area contributed by atoms with Gasteiger partial charge in [-0.2, -0.15) is 0 Å². The smallest absolute Gasteiger partial charge is 0.219 e. The number of furan rings is 1. The van der Waals surface area contributed by atoms with E-state index in [0.29, 0.717) is 13.1 Å². The van der Waals surface area contributed by atoms with Crippen LogP contribution in [0.4, 0.5) is 0 Å². The molecular weight excluding hydrogens is 350 g/mol. The maximum absolute atomic E-state index is 12.2. The molecule has 4 heteroatoms. The fourth-order valence-electron chi connectivity index (χ4n) is 3.38. The van der Waals surface area contributed by atoms with Gasteiger partial charge in [-0.1, -0.05) is 42.5 Å². The summed E-state index contributed by atoms with van der Waals surface area (Å²) in [6, 6.07) is 22.2. The van der Waals surface area contributed by atoms with Gasteiger partial charge < -0.3 is 14.1 Å². The first kappa shape index (κ1) is 19.7. The highest BCUT2D eigenvalue weighted by Gasteiger charge is 2.18. The molecule has 0 saturated heterocycles. The average Bonchev–Trinajstić information content (AvgIpc) is 3.26. The van der Waals surface area contributed by atoms with Crippen LogP contribution in [-0.2, 0) is 17.8 Å². The second-order valence-corrected chi connectivity index (χ2v) is 6.98. The fraction of sp³-hybridized carbons (Fsp3) is 0.292. The highest BCUT2D eigenvalue weighted by atomic mass is 16.5. The van der Waals surface area contributed by atoms with E-state index < -0.39 is 0 Å². The average molecular weight is 377 g/mol. The summed E-state index contributed by atoms with van der Waals surface area (Å²) in [7, 11) is 1.65. The van der Waals surface area contributed by atoms with Gasteiger partial charge in [-0.15, -0.1) is 0 Å². The maximum atomic E-state index is 12.2. The number of carbonyl (C=O) groups is 1. The van der Waals surface area contributed by atoms with Crippen LogP contribution in [0, 0.1) is 0 Å². The first-order valence-corrected chi connectivity index (χ1v) is 9.61. The van der Waals surface area contributed by atoms with E-state index in [-0.39, 0.29) is 11.8 Å². The third kappa shape index (κ3) is 5.49. The predicted molar refractivity (Wildman–Crippen MR) is 110 cm³/mol. The Kier molecular flexibility index (Phi) is 6.90. The molecule has 0 aliphatic carbocycles. The van der Waals surface area contributed by atoms with Crippen molar-refractivity contribution in [3.8, 4) is 5.75 Å². The summed E-state index contributed by atoms with van der Waals surface area (Å²) >= 11 is 0. The van der Waals surface area contributed by atoms with E-state index in [4.69, 9.17) is 9.15 Å².